The van der Waals surface area contributed by atoms with E-state index in [0.29, 0.717) is 22.2 Å². The molecule has 0 spiro atoms. The number of fused-ring (bicyclic) bond motifs is 1. The van der Waals surface area contributed by atoms with Gasteiger partial charge in [0.1, 0.15) is 12.2 Å². The van der Waals surface area contributed by atoms with Crippen molar-refractivity contribution < 1.29 is 35.4 Å². The van der Waals surface area contributed by atoms with E-state index in [2.05, 4.69) is 45.6 Å². The fourth-order valence-electron chi connectivity index (χ4n) is 6.97. The molecule has 1 aromatic heterocycles. The summed E-state index contributed by atoms with van der Waals surface area (Å²) in [6.07, 6.45) is 26.6. The maximum absolute atomic E-state index is 12.8. The molecule has 0 aliphatic carbocycles. The Labute approximate surface area is 311 Å². The summed E-state index contributed by atoms with van der Waals surface area (Å²) < 4.78 is 12.1. The third-order valence-electron chi connectivity index (χ3n) is 10.6. The number of nitrogens with zero attached hydrogens (tertiary/aromatic N) is 2. The first-order valence-corrected chi connectivity index (χ1v) is 20.2. The van der Waals surface area contributed by atoms with Crippen LogP contribution in [0.1, 0.15) is 169 Å². The van der Waals surface area contributed by atoms with E-state index in [1.54, 1.807) is 0 Å². The summed E-state index contributed by atoms with van der Waals surface area (Å²) in [6.45, 7) is 16.0. The highest BCUT2D eigenvalue weighted by Crippen LogP contribution is 2.26. The number of ether oxygens (including phenoxy) is 1. The van der Waals surface area contributed by atoms with Crippen LogP contribution in [0.15, 0.2) is 33.5 Å². The first-order valence-electron chi connectivity index (χ1n) is 20.2. The number of halogens is 1. The molecule has 49 heavy (non-hydrogen) atoms. The van der Waals surface area contributed by atoms with Crippen LogP contribution in [0.3, 0.4) is 0 Å². The predicted octanol–water partition coefficient (Wildman–Crippen LogP) is 8.36. The Morgan fingerprint density at radius 3 is 1.55 bits per heavy atom. The number of benzene rings is 1. The summed E-state index contributed by atoms with van der Waals surface area (Å²) in [6, 6.07) is 7.71. The van der Waals surface area contributed by atoms with Crippen molar-refractivity contribution in [1.29, 1.82) is 0 Å². The Bertz CT molecular complexity index is 1150. The Balaban J connectivity index is 0.0000120. The fraction of sp³-hybridized carbons (Fsp3) is 0.762. The number of esters is 1. The number of likely N-dealkylation sites (N-methyl/N-ethyl adjacent to an activating group) is 1. The molecule has 0 saturated carbocycles. The van der Waals surface area contributed by atoms with E-state index < -0.39 is 5.63 Å². The summed E-state index contributed by atoms with van der Waals surface area (Å²) in [5, 5.41) is 0.839. The maximum atomic E-state index is 12.8. The van der Waals surface area contributed by atoms with Crippen LogP contribution in [0.4, 0.5) is 5.69 Å². The summed E-state index contributed by atoms with van der Waals surface area (Å²) in [7, 11) is 0. The largest absolute Gasteiger partial charge is 1.00 e. The second-order valence-corrected chi connectivity index (χ2v) is 14.2. The SMILES string of the molecule is CCCCCCCCCCCCN(CCCCCCCCCCCC)c1ccc2c(COC(=O)C[N+](CC)(CC)CC)cc(=O)oc2c1.[Br-]. The third-order valence-corrected chi connectivity index (χ3v) is 10.6. The lowest BCUT2D eigenvalue weighted by molar-refractivity contribution is -0.916. The van der Waals surface area contributed by atoms with Crippen molar-refractivity contribution in [1.82, 2.24) is 0 Å². The van der Waals surface area contributed by atoms with Gasteiger partial charge in [-0.25, -0.2) is 9.59 Å². The number of quaternary nitrogens is 1. The summed E-state index contributed by atoms with van der Waals surface area (Å²) in [5.74, 6) is -0.224. The van der Waals surface area contributed by atoms with Gasteiger partial charge in [-0.15, -0.1) is 0 Å². The maximum Gasteiger partial charge on any atom is 0.362 e. The smallest absolute Gasteiger partial charge is 0.362 e. The molecule has 0 fully saturated rings. The van der Waals surface area contributed by atoms with Gasteiger partial charge >= 0.3 is 11.6 Å². The Kier molecular flexibility index (Phi) is 25.6. The van der Waals surface area contributed by atoms with Crippen LogP contribution in [0, 0.1) is 0 Å². The molecular formula is C42H73BrN2O4. The van der Waals surface area contributed by atoms with Crippen LogP contribution in [0.2, 0.25) is 0 Å². The van der Waals surface area contributed by atoms with E-state index in [0.717, 1.165) is 43.8 Å². The number of anilines is 1. The topological polar surface area (TPSA) is 59.8 Å². The second kappa shape index (κ2) is 27.8. The van der Waals surface area contributed by atoms with Crippen LogP contribution in [-0.4, -0.2) is 49.7 Å². The number of carbonyl (C=O) groups is 1. The lowest BCUT2D eigenvalue weighted by Crippen LogP contribution is -3.00. The number of hydrogen-bond donors (Lipinski definition) is 0. The van der Waals surface area contributed by atoms with E-state index in [-0.39, 0.29) is 29.6 Å². The standard InChI is InChI=1S/C42H73N2O4.BrH/c1-6-11-13-15-17-19-21-23-25-27-31-43(32-28-26-24-22-20-18-16-14-12-7-2)38-29-30-39-37(33-41(45)48-40(39)34-38)36-47-42(46)35-44(8-3,9-4)10-5;/h29-30,33-34H,6-28,31-32,35-36H2,1-5H3;1H/q+1;/p-1. The molecule has 0 saturated heterocycles. The van der Waals surface area contributed by atoms with E-state index in [1.807, 2.05) is 12.1 Å². The van der Waals surface area contributed by atoms with Gasteiger partial charge in [0.15, 0.2) is 6.54 Å². The number of unbranched alkanes of at least 4 members (excludes halogenated alkanes) is 18. The molecule has 6 nitrogen and oxygen atoms in total. The zero-order valence-electron chi connectivity index (χ0n) is 32.3. The molecule has 1 aromatic carbocycles. The van der Waals surface area contributed by atoms with Gasteiger partial charge in [0.2, 0.25) is 0 Å². The summed E-state index contributed by atoms with van der Waals surface area (Å²) >= 11 is 0. The van der Waals surface area contributed by atoms with Gasteiger partial charge in [0.25, 0.3) is 0 Å². The highest BCUT2D eigenvalue weighted by molar-refractivity contribution is 5.84. The Hall–Kier alpha value is -1.86. The number of rotatable bonds is 30. The average Bonchev–Trinajstić information content (AvgIpc) is 3.10. The van der Waals surface area contributed by atoms with Gasteiger partial charge in [-0.1, -0.05) is 129 Å². The van der Waals surface area contributed by atoms with E-state index in [1.165, 1.54) is 134 Å². The molecule has 2 rings (SSSR count). The molecule has 0 radical (unpaired) electrons. The van der Waals surface area contributed by atoms with Gasteiger partial charge in [0.05, 0.1) is 19.6 Å². The minimum atomic E-state index is -0.401. The van der Waals surface area contributed by atoms with Crippen LogP contribution in [0.25, 0.3) is 11.0 Å². The molecule has 7 heteroatoms. The predicted molar refractivity (Wildman–Crippen MR) is 205 cm³/mol. The molecule has 1 heterocycles. The van der Waals surface area contributed by atoms with Crippen molar-refractivity contribution in [2.75, 3.05) is 44.2 Å². The molecular weight excluding hydrogens is 676 g/mol. The molecule has 0 bridgehead atoms. The van der Waals surface area contributed by atoms with Gasteiger partial charge < -0.3 is 35.5 Å². The van der Waals surface area contributed by atoms with Crippen molar-refractivity contribution in [2.24, 2.45) is 0 Å². The molecule has 0 atom stereocenters. The van der Waals surface area contributed by atoms with E-state index in [9.17, 15) is 9.59 Å². The van der Waals surface area contributed by atoms with Gasteiger partial charge in [-0.3, -0.25) is 0 Å². The number of hydrogen-bond acceptors (Lipinski definition) is 5. The summed E-state index contributed by atoms with van der Waals surface area (Å²) in [4.78, 5) is 27.9. The van der Waals surface area contributed by atoms with Crippen molar-refractivity contribution in [2.45, 2.75) is 170 Å². The Morgan fingerprint density at radius 1 is 0.653 bits per heavy atom. The van der Waals surface area contributed by atoms with Crippen molar-refractivity contribution in [3.63, 3.8) is 0 Å². The molecule has 0 N–H and O–H groups in total. The minimum Gasteiger partial charge on any atom is -1.00 e. The van der Waals surface area contributed by atoms with E-state index in [4.69, 9.17) is 9.15 Å². The highest BCUT2D eigenvalue weighted by Gasteiger charge is 2.26. The highest BCUT2D eigenvalue weighted by atomic mass is 79.9. The van der Waals surface area contributed by atoms with Crippen LogP contribution < -0.4 is 27.5 Å². The zero-order chi connectivity index (χ0) is 34.9. The molecule has 0 unspecified atom stereocenters. The molecule has 0 aliphatic heterocycles. The van der Waals surface area contributed by atoms with E-state index >= 15 is 0 Å². The Morgan fingerprint density at radius 2 is 1.10 bits per heavy atom. The van der Waals surface area contributed by atoms with Crippen LogP contribution >= 0.6 is 0 Å². The third kappa shape index (κ3) is 18.3. The average molecular weight is 750 g/mol. The molecule has 0 amide bonds. The quantitative estimate of drug-likeness (QED) is 0.0348. The zero-order valence-corrected chi connectivity index (χ0v) is 33.9. The van der Waals surface area contributed by atoms with Crippen molar-refractivity contribution in [3.8, 4) is 0 Å². The van der Waals surface area contributed by atoms with Gasteiger partial charge in [0, 0.05) is 41.9 Å². The normalized spacial score (nSPS) is 11.5. The lowest BCUT2D eigenvalue weighted by Gasteiger charge is -2.34. The fourth-order valence-corrected chi connectivity index (χ4v) is 6.97. The first-order chi connectivity index (χ1) is 23.4. The van der Waals surface area contributed by atoms with Crippen molar-refractivity contribution >= 4 is 22.6 Å². The lowest BCUT2D eigenvalue weighted by atomic mass is 10.1. The van der Waals surface area contributed by atoms with Gasteiger partial charge in [-0.2, -0.15) is 0 Å². The van der Waals surface area contributed by atoms with Gasteiger partial charge in [-0.05, 0) is 45.7 Å². The minimum absolute atomic E-state index is 0. The first kappa shape index (κ1) is 45.2. The molecule has 0 aliphatic rings. The molecule has 282 valence electrons. The summed E-state index contributed by atoms with van der Waals surface area (Å²) in [5.41, 5.74) is 1.99. The number of carbonyl (C=O) groups excluding carboxylic acids is 1. The monoisotopic (exact) mass is 748 g/mol. The van der Waals surface area contributed by atoms with Crippen LogP contribution in [0.5, 0.6) is 0 Å². The van der Waals surface area contributed by atoms with Crippen molar-refractivity contribution in [3.05, 3.63) is 40.2 Å². The second-order valence-electron chi connectivity index (χ2n) is 14.2. The van der Waals surface area contributed by atoms with Crippen LogP contribution in [-0.2, 0) is 16.1 Å². The molecule has 2 aromatic rings.